The minimum Gasteiger partial charge on any atom is -0.368 e. The molecular weight excluding hydrogens is 390 g/mol. The Kier molecular flexibility index (Phi) is 5.23. The van der Waals surface area contributed by atoms with Crippen molar-refractivity contribution in [3.63, 3.8) is 0 Å². The molecule has 1 aromatic carbocycles. The number of para-hydroxylation sites is 1. The van der Waals surface area contributed by atoms with Crippen LogP contribution < -0.4 is 16.1 Å². The molecule has 3 aromatic rings. The Hall–Kier alpha value is -2.94. The van der Waals surface area contributed by atoms with Gasteiger partial charge >= 0.3 is 5.69 Å². The van der Waals surface area contributed by atoms with E-state index in [-0.39, 0.29) is 22.9 Å². The van der Waals surface area contributed by atoms with E-state index in [1.54, 1.807) is 4.90 Å². The number of hydrogen-bond acceptors (Lipinski definition) is 6. The van der Waals surface area contributed by atoms with Gasteiger partial charge in [0.25, 0.3) is 11.5 Å². The summed E-state index contributed by atoms with van der Waals surface area (Å²) in [5, 5.41) is 0. The number of nitrogens with zero attached hydrogens (tertiary/aromatic N) is 4. The van der Waals surface area contributed by atoms with Gasteiger partial charge in [0.05, 0.1) is 5.52 Å². The van der Waals surface area contributed by atoms with E-state index in [4.69, 9.17) is 0 Å². The number of anilines is 1. The van der Waals surface area contributed by atoms with Crippen LogP contribution in [0.3, 0.4) is 0 Å². The molecule has 0 aliphatic carbocycles. The third-order valence-corrected chi connectivity index (χ3v) is 5.88. The zero-order valence-electron chi connectivity index (χ0n) is 16.4. The van der Waals surface area contributed by atoms with Gasteiger partial charge in [-0.3, -0.25) is 14.2 Å². The number of H-pyrrole nitrogens is 1. The number of aromatic amines is 1. The summed E-state index contributed by atoms with van der Waals surface area (Å²) in [5.74, 6) is -0.0474. The molecular formula is C20H23N5O3S. The van der Waals surface area contributed by atoms with Gasteiger partial charge in [-0.1, -0.05) is 32.0 Å². The van der Waals surface area contributed by atoms with Crippen LogP contribution in [-0.4, -0.2) is 50.9 Å². The van der Waals surface area contributed by atoms with Crippen LogP contribution in [0.25, 0.3) is 11.0 Å². The number of nitrogens with one attached hydrogen (secondary N) is 1. The normalized spacial score (nSPS) is 14.7. The number of carbonyl (C=O) groups excluding carboxylic acids is 1. The molecule has 0 saturated carbocycles. The number of carbonyl (C=O) groups is 1. The van der Waals surface area contributed by atoms with Gasteiger partial charge in [0.2, 0.25) is 0 Å². The van der Waals surface area contributed by atoms with Gasteiger partial charge in [0.15, 0.2) is 5.52 Å². The number of hydrogen-bond donors (Lipinski definition) is 1. The molecule has 8 nitrogen and oxygen atoms in total. The highest BCUT2D eigenvalue weighted by Gasteiger charge is 2.27. The molecule has 0 atom stereocenters. The van der Waals surface area contributed by atoms with Crippen molar-refractivity contribution in [3.05, 3.63) is 56.0 Å². The van der Waals surface area contributed by atoms with Gasteiger partial charge in [0.1, 0.15) is 4.88 Å². The first-order chi connectivity index (χ1) is 14.0. The van der Waals surface area contributed by atoms with E-state index in [9.17, 15) is 14.4 Å². The molecule has 1 N–H and O–H groups in total. The number of rotatable bonds is 4. The van der Waals surface area contributed by atoms with Crippen LogP contribution in [-0.2, 0) is 6.54 Å². The fourth-order valence-corrected chi connectivity index (χ4v) is 4.37. The van der Waals surface area contributed by atoms with Gasteiger partial charge < -0.3 is 14.8 Å². The SMILES string of the molecule is CC(C)Cn1c(=O)[nH]c2c(C(=O)N3CCN(c4ccccc4)CC3)snc2c1=O. The van der Waals surface area contributed by atoms with Crippen LogP contribution in [0.2, 0.25) is 0 Å². The third-order valence-electron chi connectivity index (χ3n) is 5.05. The summed E-state index contributed by atoms with van der Waals surface area (Å²) in [6.45, 7) is 6.77. The minimum atomic E-state index is -0.501. The summed E-state index contributed by atoms with van der Waals surface area (Å²) in [4.78, 5) is 45.1. The fourth-order valence-electron chi connectivity index (χ4n) is 3.57. The Labute approximate surface area is 171 Å². The van der Waals surface area contributed by atoms with E-state index < -0.39 is 11.2 Å². The van der Waals surface area contributed by atoms with Crippen molar-refractivity contribution in [3.8, 4) is 0 Å². The highest BCUT2D eigenvalue weighted by atomic mass is 32.1. The van der Waals surface area contributed by atoms with Crippen molar-refractivity contribution in [2.24, 2.45) is 5.92 Å². The molecule has 1 saturated heterocycles. The monoisotopic (exact) mass is 413 g/mol. The molecule has 3 heterocycles. The molecule has 0 radical (unpaired) electrons. The molecule has 29 heavy (non-hydrogen) atoms. The van der Waals surface area contributed by atoms with Gasteiger partial charge in [-0.25, -0.2) is 4.79 Å². The summed E-state index contributed by atoms with van der Waals surface area (Å²) in [6.07, 6.45) is 0. The lowest BCUT2D eigenvalue weighted by atomic mass is 10.2. The van der Waals surface area contributed by atoms with E-state index in [0.29, 0.717) is 24.5 Å². The van der Waals surface area contributed by atoms with E-state index in [2.05, 4.69) is 26.4 Å². The highest BCUT2D eigenvalue weighted by Crippen LogP contribution is 2.21. The second-order valence-electron chi connectivity index (χ2n) is 7.59. The zero-order chi connectivity index (χ0) is 20.5. The van der Waals surface area contributed by atoms with E-state index in [1.165, 1.54) is 0 Å². The zero-order valence-corrected chi connectivity index (χ0v) is 17.2. The summed E-state index contributed by atoms with van der Waals surface area (Å²) in [5.41, 5.74) is 0.598. The second kappa shape index (κ2) is 7.82. The highest BCUT2D eigenvalue weighted by molar-refractivity contribution is 7.09. The first kappa shape index (κ1) is 19.4. The lowest BCUT2D eigenvalue weighted by molar-refractivity contribution is 0.0753. The van der Waals surface area contributed by atoms with Crippen molar-refractivity contribution < 1.29 is 4.79 Å². The quantitative estimate of drug-likeness (QED) is 0.704. The van der Waals surface area contributed by atoms with Crippen LogP contribution in [0.15, 0.2) is 39.9 Å². The summed E-state index contributed by atoms with van der Waals surface area (Å²) < 4.78 is 5.34. The van der Waals surface area contributed by atoms with Gasteiger partial charge in [-0.2, -0.15) is 4.37 Å². The predicted molar refractivity (Wildman–Crippen MR) is 114 cm³/mol. The standard InChI is InChI=1S/C20H23N5O3S/c1-13(2)12-25-18(26)16-15(21-20(25)28)17(29-22-16)19(27)24-10-8-23(9-11-24)14-6-4-3-5-7-14/h3-7,13H,8-12H2,1-2H3,(H,21,28). The summed E-state index contributed by atoms with van der Waals surface area (Å²) >= 11 is 0.974. The Bertz CT molecular complexity index is 1140. The maximum absolute atomic E-state index is 13.1. The number of benzene rings is 1. The Morgan fingerprint density at radius 2 is 1.83 bits per heavy atom. The number of fused-ring (bicyclic) bond motifs is 1. The van der Waals surface area contributed by atoms with Crippen LogP contribution in [0, 0.1) is 5.92 Å². The van der Waals surface area contributed by atoms with Crippen LogP contribution >= 0.6 is 11.5 Å². The minimum absolute atomic E-state index is 0.145. The second-order valence-corrected chi connectivity index (χ2v) is 8.36. The average Bonchev–Trinajstić information content (AvgIpc) is 3.15. The van der Waals surface area contributed by atoms with Gasteiger partial charge in [0, 0.05) is 38.4 Å². The lowest BCUT2D eigenvalue weighted by Gasteiger charge is -2.35. The van der Waals surface area contributed by atoms with Gasteiger partial charge in [-0.15, -0.1) is 0 Å². The van der Waals surface area contributed by atoms with Crippen LogP contribution in [0.5, 0.6) is 0 Å². The van der Waals surface area contributed by atoms with Crippen LogP contribution in [0.4, 0.5) is 5.69 Å². The number of amides is 1. The average molecular weight is 414 g/mol. The maximum atomic E-state index is 13.1. The van der Waals surface area contributed by atoms with Crippen molar-refractivity contribution >= 4 is 34.2 Å². The molecule has 1 aliphatic rings. The molecule has 2 aromatic heterocycles. The summed E-state index contributed by atoms with van der Waals surface area (Å²) in [7, 11) is 0. The molecule has 1 fully saturated rings. The third kappa shape index (κ3) is 3.69. The molecule has 0 unspecified atom stereocenters. The molecule has 4 rings (SSSR count). The lowest BCUT2D eigenvalue weighted by Crippen LogP contribution is -2.48. The van der Waals surface area contributed by atoms with Crippen LogP contribution in [0.1, 0.15) is 23.5 Å². The van der Waals surface area contributed by atoms with Crippen molar-refractivity contribution in [2.75, 3.05) is 31.1 Å². The number of aromatic nitrogens is 3. The van der Waals surface area contributed by atoms with Crippen molar-refractivity contribution in [1.82, 2.24) is 18.8 Å². The topological polar surface area (TPSA) is 91.3 Å². The summed E-state index contributed by atoms with van der Waals surface area (Å²) in [6, 6.07) is 10.1. The van der Waals surface area contributed by atoms with E-state index in [0.717, 1.165) is 34.9 Å². The van der Waals surface area contributed by atoms with E-state index in [1.807, 2.05) is 32.0 Å². The molecule has 9 heteroatoms. The van der Waals surface area contributed by atoms with Crippen molar-refractivity contribution in [2.45, 2.75) is 20.4 Å². The maximum Gasteiger partial charge on any atom is 0.328 e. The number of piperazine rings is 1. The first-order valence-corrected chi connectivity index (χ1v) is 10.4. The molecule has 152 valence electrons. The Morgan fingerprint density at radius 3 is 2.48 bits per heavy atom. The Balaban J connectivity index is 1.57. The molecule has 0 spiro atoms. The molecule has 1 aliphatic heterocycles. The smallest absolute Gasteiger partial charge is 0.328 e. The first-order valence-electron chi connectivity index (χ1n) is 9.67. The largest absolute Gasteiger partial charge is 0.368 e. The molecule has 0 bridgehead atoms. The van der Waals surface area contributed by atoms with Gasteiger partial charge in [-0.05, 0) is 29.6 Å². The predicted octanol–water partition coefficient (Wildman–Crippen LogP) is 1.76. The Morgan fingerprint density at radius 1 is 1.14 bits per heavy atom. The van der Waals surface area contributed by atoms with Crippen molar-refractivity contribution in [1.29, 1.82) is 0 Å². The van der Waals surface area contributed by atoms with E-state index >= 15 is 0 Å². The molecule has 1 amide bonds. The fraction of sp³-hybridized carbons (Fsp3) is 0.400.